The monoisotopic (exact) mass is 299 g/mol. The van der Waals surface area contributed by atoms with E-state index < -0.39 is 0 Å². The van der Waals surface area contributed by atoms with Crippen molar-refractivity contribution >= 4 is 17.5 Å². The predicted molar refractivity (Wildman–Crippen MR) is 85.5 cm³/mol. The van der Waals surface area contributed by atoms with E-state index in [9.17, 15) is 4.79 Å². The van der Waals surface area contributed by atoms with Gasteiger partial charge in [-0.05, 0) is 35.2 Å². The molecular weight excluding hydrogens is 282 g/mol. The zero-order chi connectivity index (χ0) is 14.8. The summed E-state index contributed by atoms with van der Waals surface area (Å²) in [6.07, 6.45) is 1.88. The van der Waals surface area contributed by atoms with Crippen molar-refractivity contribution in [1.82, 2.24) is 5.32 Å². The highest BCUT2D eigenvalue weighted by atomic mass is 35.5. The van der Waals surface area contributed by atoms with Crippen LogP contribution in [0.2, 0.25) is 5.02 Å². The summed E-state index contributed by atoms with van der Waals surface area (Å²) in [6.45, 7) is 2.11. The summed E-state index contributed by atoms with van der Waals surface area (Å²) in [4.78, 5) is 12.5. The Kier molecular flexibility index (Phi) is 3.98. The number of benzene rings is 2. The minimum Gasteiger partial charge on any atom is -0.345 e. The van der Waals surface area contributed by atoms with Crippen molar-refractivity contribution in [3.8, 4) is 0 Å². The highest BCUT2D eigenvalue weighted by molar-refractivity contribution is 6.30. The number of amides is 1. The van der Waals surface area contributed by atoms with E-state index in [-0.39, 0.29) is 17.9 Å². The van der Waals surface area contributed by atoms with Crippen LogP contribution in [-0.2, 0) is 4.79 Å². The van der Waals surface area contributed by atoms with E-state index in [1.165, 1.54) is 5.56 Å². The Balaban J connectivity index is 2.05. The molecule has 1 aliphatic rings. The standard InChI is InChI=1S/C18H18ClNO/c1-2-5-16-14-6-3-4-7-15(14)17(20-18(16)21)12-8-10-13(19)11-9-12/h3-4,6-11,16-17H,2,5H2,1H3,(H,20,21). The number of carbonyl (C=O) groups excluding carboxylic acids is 1. The molecule has 3 rings (SSSR count). The predicted octanol–water partition coefficient (Wildman–Crippen LogP) is 4.44. The molecule has 1 aliphatic heterocycles. The summed E-state index contributed by atoms with van der Waals surface area (Å²) in [5.41, 5.74) is 3.41. The van der Waals surface area contributed by atoms with E-state index in [1.807, 2.05) is 36.4 Å². The van der Waals surface area contributed by atoms with Crippen molar-refractivity contribution < 1.29 is 4.79 Å². The first kappa shape index (κ1) is 14.2. The third-order valence-corrected chi connectivity index (χ3v) is 4.32. The number of nitrogens with one attached hydrogen (secondary N) is 1. The molecule has 2 unspecified atom stereocenters. The topological polar surface area (TPSA) is 29.1 Å². The average Bonchev–Trinajstić information content (AvgIpc) is 2.51. The van der Waals surface area contributed by atoms with Crippen LogP contribution in [0.15, 0.2) is 48.5 Å². The van der Waals surface area contributed by atoms with Crippen LogP contribution in [0.4, 0.5) is 0 Å². The van der Waals surface area contributed by atoms with Gasteiger partial charge in [0.05, 0.1) is 12.0 Å². The molecule has 0 saturated heterocycles. The van der Waals surface area contributed by atoms with Crippen molar-refractivity contribution in [3.05, 3.63) is 70.2 Å². The second kappa shape index (κ2) is 5.90. The Bertz CT molecular complexity index is 651. The van der Waals surface area contributed by atoms with E-state index in [4.69, 9.17) is 11.6 Å². The maximum Gasteiger partial charge on any atom is 0.228 e. The molecular formula is C18H18ClNO. The number of hydrogen-bond acceptors (Lipinski definition) is 1. The van der Waals surface area contributed by atoms with E-state index in [0.717, 1.165) is 24.0 Å². The van der Waals surface area contributed by atoms with Crippen molar-refractivity contribution in [3.63, 3.8) is 0 Å². The first-order valence-electron chi connectivity index (χ1n) is 7.35. The zero-order valence-electron chi connectivity index (χ0n) is 12.0. The molecule has 3 heteroatoms. The summed E-state index contributed by atoms with van der Waals surface area (Å²) in [6, 6.07) is 15.8. The van der Waals surface area contributed by atoms with Gasteiger partial charge in [-0.15, -0.1) is 0 Å². The molecule has 0 aliphatic carbocycles. The second-order valence-electron chi connectivity index (χ2n) is 5.46. The third kappa shape index (κ3) is 2.68. The lowest BCUT2D eigenvalue weighted by molar-refractivity contribution is -0.123. The van der Waals surface area contributed by atoms with Crippen LogP contribution in [-0.4, -0.2) is 5.91 Å². The first-order valence-corrected chi connectivity index (χ1v) is 7.73. The third-order valence-electron chi connectivity index (χ3n) is 4.07. The van der Waals surface area contributed by atoms with E-state index in [1.54, 1.807) is 0 Å². The maximum atomic E-state index is 12.5. The molecule has 2 aromatic carbocycles. The number of halogens is 1. The van der Waals surface area contributed by atoms with Gasteiger partial charge in [-0.25, -0.2) is 0 Å². The van der Waals surface area contributed by atoms with Gasteiger partial charge in [0.15, 0.2) is 0 Å². The van der Waals surface area contributed by atoms with Gasteiger partial charge in [0.1, 0.15) is 0 Å². The summed E-state index contributed by atoms with van der Waals surface area (Å²) >= 11 is 5.96. The van der Waals surface area contributed by atoms with Crippen LogP contribution in [0.3, 0.4) is 0 Å². The van der Waals surface area contributed by atoms with Gasteiger partial charge in [-0.2, -0.15) is 0 Å². The van der Waals surface area contributed by atoms with Gasteiger partial charge >= 0.3 is 0 Å². The van der Waals surface area contributed by atoms with Crippen molar-refractivity contribution in [2.75, 3.05) is 0 Å². The Morgan fingerprint density at radius 1 is 1.05 bits per heavy atom. The van der Waals surface area contributed by atoms with Crippen LogP contribution in [0.5, 0.6) is 0 Å². The number of carbonyl (C=O) groups is 1. The Labute approximate surface area is 130 Å². The fourth-order valence-electron chi connectivity index (χ4n) is 3.05. The van der Waals surface area contributed by atoms with Crippen LogP contribution in [0.1, 0.15) is 48.4 Å². The lowest BCUT2D eigenvalue weighted by atomic mass is 9.81. The molecule has 2 aromatic rings. The average molecular weight is 300 g/mol. The van der Waals surface area contributed by atoms with Gasteiger partial charge in [0.25, 0.3) is 0 Å². The summed E-state index contributed by atoms with van der Waals surface area (Å²) in [5.74, 6) is 0.0882. The maximum absolute atomic E-state index is 12.5. The first-order chi connectivity index (χ1) is 10.2. The lowest BCUT2D eigenvalue weighted by Gasteiger charge is -2.32. The molecule has 2 nitrogen and oxygen atoms in total. The van der Waals surface area contributed by atoms with E-state index in [0.29, 0.717) is 5.02 Å². The normalized spacial score (nSPS) is 20.8. The molecule has 0 aromatic heterocycles. The van der Waals surface area contributed by atoms with Crippen LogP contribution in [0.25, 0.3) is 0 Å². The fraction of sp³-hybridized carbons (Fsp3) is 0.278. The summed E-state index contributed by atoms with van der Waals surface area (Å²) in [5, 5.41) is 3.87. The zero-order valence-corrected chi connectivity index (χ0v) is 12.7. The van der Waals surface area contributed by atoms with Crippen molar-refractivity contribution in [2.24, 2.45) is 0 Å². The van der Waals surface area contributed by atoms with Gasteiger partial charge in [-0.1, -0.05) is 61.3 Å². The lowest BCUT2D eigenvalue weighted by Crippen LogP contribution is -2.39. The van der Waals surface area contributed by atoms with Crippen LogP contribution < -0.4 is 5.32 Å². The molecule has 0 saturated carbocycles. The molecule has 1 heterocycles. The summed E-state index contributed by atoms with van der Waals surface area (Å²) in [7, 11) is 0. The van der Waals surface area contributed by atoms with Crippen LogP contribution in [0, 0.1) is 0 Å². The van der Waals surface area contributed by atoms with Gasteiger partial charge in [0.2, 0.25) is 5.91 Å². The van der Waals surface area contributed by atoms with Gasteiger partial charge in [-0.3, -0.25) is 4.79 Å². The van der Waals surface area contributed by atoms with Crippen LogP contribution >= 0.6 is 11.6 Å². The van der Waals surface area contributed by atoms with Gasteiger partial charge < -0.3 is 5.32 Å². The summed E-state index contributed by atoms with van der Waals surface area (Å²) < 4.78 is 0. The molecule has 1 amide bonds. The second-order valence-corrected chi connectivity index (χ2v) is 5.90. The van der Waals surface area contributed by atoms with E-state index in [2.05, 4.69) is 24.4 Å². The highest BCUT2D eigenvalue weighted by Gasteiger charge is 2.32. The minimum atomic E-state index is -0.0842. The quantitative estimate of drug-likeness (QED) is 0.892. The molecule has 2 atom stereocenters. The Morgan fingerprint density at radius 3 is 2.38 bits per heavy atom. The Morgan fingerprint density at radius 2 is 1.71 bits per heavy atom. The van der Waals surface area contributed by atoms with Gasteiger partial charge in [0, 0.05) is 5.02 Å². The molecule has 21 heavy (non-hydrogen) atoms. The number of rotatable bonds is 3. The van der Waals surface area contributed by atoms with Crippen molar-refractivity contribution in [1.29, 1.82) is 0 Å². The molecule has 0 fully saturated rings. The number of hydrogen-bond donors (Lipinski definition) is 1. The molecule has 1 N–H and O–H groups in total. The smallest absolute Gasteiger partial charge is 0.228 e. The fourth-order valence-corrected chi connectivity index (χ4v) is 3.17. The molecule has 108 valence electrons. The van der Waals surface area contributed by atoms with E-state index >= 15 is 0 Å². The minimum absolute atomic E-state index is 0.0326. The number of fused-ring (bicyclic) bond motifs is 1. The SMILES string of the molecule is CCCC1C(=O)NC(c2ccc(Cl)cc2)c2ccccc21. The van der Waals surface area contributed by atoms with Crippen molar-refractivity contribution in [2.45, 2.75) is 31.7 Å². The molecule has 0 spiro atoms. The molecule has 0 radical (unpaired) electrons. The largest absolute Gasteiger partial charge is 0.345 e. The molecule has 0 bridgehead atoms. The Hall–Kier alpha value is -1.80. The highest BCUT2D eigenvalue weighted by Crippen LogP contribution is 2.36.